The van der Waals surface area contributed by atoms with Crippen LogP contribution in [0.25, 0.3) is 10.6 Å². The predicted molar refractivity (Wildman–Crippen MR) is 117 cm³/mol. The van der Waals surface area contributed by atoms with E-state index in [9.17, 15) is 0 Å². The van der Waals surface area contributed by atoms with E-state index in [1.54, 1.807) is 0 Å². The van der Waals surface area contributed by atoms with Crippen molar-refractivity contribution < 1.29 is 17.0 Å². The number of benzene rings is 4. The first-order chi connectivity index (χ1) is 12.9. The minimum absolute atomic E-state index is 0. The van der Waals surface area contributed by atoms with Gasteiger partial charge in [-0.2, -0.15) is 0 Å². The molecule has 0 fully saturated rings. The molecule has 4 rings (SSSR count). The standard InChI is InChI=1S/2C12H10N.Al.BrH/c2*1-3-7-11(8-4-1)13-12-9-5-2-6-10-12;;/h2*1-10H;;1H/q2*-1;+3;/p-1. The van der Waals surface area contributed by atoms with Gasteiger partial charge in [-0.3, -0.25) is 0 Å². The van der Waals surface area contributed by atoms with Crippen LogP contribution in [0.1, 0.15) is 0 Å². The normalized spacial score (nSPS) is 8.86. The summed E-state index contributed by atoms with van der Waals surface area (Å²) in [6, 6.07) is 39.8. The van der Waals surface area contributed by atoms with E-state index in [0.29, 0.717) is 0 Å². The van der Waals surface area contributed by atoms with E-state index in [1.165, 1.54) is 0 Å². The Bertz CT molecular complexity index is 721. The third kappa shape index (κ3) is 8.46. The molecule has 0 bridgehead atoms. The molecule has 28 heavy (non-hydrogen) atoms. The molecule has 0 radical (unpaired) electrons. The average Bonchev–Trinajstić information content (AvgIpc) is 2.72. The van der Waals surface area contributed by atoms with Crippen molar-refractivity contribution in [3.05, 3.63) is 132 Å². The number of nitrogens with zero attached hydrogens (tertiary/aromatic N) is 2. The van der Waals surface area contributed by atoms with Crippen LogP contribution in [0.15, 0.2) is 121 Å². The van der Waals surface area contributed by atoms with Gasteiger partial charge >= 0.3 is 17.4 Å². The van der Waals surface area contributed by atoms with E-state index >= 15 is 0 Å². The summed E-state index contributed by atoms with van der Waals surface area (Å²) in [5, 5.41) is 8.88. The molecule has 0 heterocycles. The Morgan fingerprint density at radius 1 is 0.321 bits per heavy atom. The first-order valence-electron chi connectivity index (χ1n) is 8.54. The number of rotatable bonds is 4. The first kappa shape index (κ1) is 23.5. The summed E-state index contributed by atoms with van der Waals surface area (Å²) in [5.74, 6) is 0. The van der Waals surface area contributed by atoms with Crippen molar-refractivity contribution in [2.75, 3.05) is 0 Å². The summed E-state index contributed by atoms with van der Waals surface area (Å²) in [5.41, 5.74) is 3.98. The fourth-order valence-electron chi connectivity index (χ4n) is 2.31. The molecule has 0 atom stereocenters. The molecule has 0 spiro atoms. The molecular formula is C24H20AlBrN2. The van der Waals surface area contributed by atoms with Crippen molar-refractivity contribution in [1.29, 1.82) is 0 Å². The summed E-state index contributed by atoms with van der Waals surface area (Å²) in [4.78, 5) is 0. The summed E-state index contributed by atoms with van der Waals surface area (Å²) >= 11 is 0. The molecule has 4 heteroatoms. The van der Waals surface area contributed by atoms with Gasteiger partial charge in [-0.05, 0) is 0 Å². The number of para-hydroxylation sites is 4. The Labute approximate surface area is 188 Å². The van der Waals surface area contributed by atoms with Crippen molar-refractivity contribution in [1.82, 2.24) is 0 Å². The molecule has 0 aliphatic heterocycles. The van der Waals surface area contributed by atoms with Crippen molar-refractivity contribution in [3.8, 4) is 0 Å². The van der Waals surface area contributed by atoms with Gasteiger partial charge in [0.25, 0.3) is 0 Å². The maximum atomic E-state index is 4.44. The van der Waals surface area contributed by atoms with E-state index in [0.717, 1.165) is 22.7 Å². The Hall–Kier alpha value is -2.51. The molecule has 4 aromatic rings. The van der Waals surface area contributed by atoms with Crippen LogP contribution < -0.4 is 17.0 Å². The molecule has 4 aromatic carbocycles. The number of hydrogen-bond donors (Lipinski definition) is 0. The van der Waals surface area contributed by atoms with Crippen molar-refractivity contribution >= 4 is 40.1 Å². The third-order valence-corrected chi connectivity index (χ3v) is 3.54. The fraction of sp³-hybridized carbons (Fsp3) is 0. The van der Waals surface area contributed by atoms with Gasteiger partial charge in [0.05, 0.1) is 0 Å². The topological polar surface area (TPSA) is 28.2 Å². The van der Waals surface area contributed by atoms with Crippen molar-refractivity contribution in [3.63, 3.8) is 0 Å². The van der Waals surface area contributed by atoms with Crippen LogP contribution in [-0.4, -0.2) is 17.4 Å². The molecular weight excluding hydrogens is 423 g/mol. The SMILES string of the molecule is [Al+3].[Br-].c1ccc([N-]c2ccccc2)cc1.c1ccc([N-]c2ccccc2)cc1. The second-order valence-corrected chi connectivity index (χ2v) is 5.57. The van der Waals surface area contributed by atoms with E-state index in [1.807, 2.05) is 121 Å². The minimum atomic E-state index is 0. The Morgan fingerprint density at radius 2 is 0.500 bits per heavy atom. The van der Waals surface area contributed by atoms with Gasteiger partial charge in [0.1, 0.15) is 0 Å². The van der Waals surface area contributed by atoms with Crippen LogP contribution in [0.3, 0.4) is 0 Å². The van der Waals surface area contributed by atoms with Crippen LogP contribution in [0, 0.1) is 0 Å². The largest absolute Gasteiger partial charge is 3.00 e. The molecule has 0 aliphatic carbocycles. The van der Waals surface area contributed by atoms with Crippen LogP contribution in [0.2, 0.25) is 0 Å². The zero-order valence-corrected chi connectivity index (χ0v) is 18.1. The van der Waals surface area contributed by atoms with Crippen LogP contribution >= 0.6 is 0 Å². The maximum absolute atomic E-state index is 4.44. The van der Waals surface area contributed by atoms with E-state index in [4.69, 9.17) is 0 Å². The fourth-order valence-corrected chi connectivity index (χ4v) is 2.31. The summed E-state index contributed by atoms with van der Waals surface area (Å²) in [6.45, 7) is 0. The van der Waals surface area contributed by atoms with Gasteiger partial charge in [0.15, 0.2) is 0 Å². The Morgan fingerprint density at radius 3 is 0.679 bits per heavy atom. The summed E-state index contributed by atoms with van der Waals surface area (Å²) in [6.07, 6.45) is 0. The Balaban J connectivity index is 0.000000261. The van der Waals surface area contributed by atoms with Gasteiger partial charge in [-0.15, -0.1) is 22.7 Å². The molecule has 0 amide bonds. The molecule has 0 aromatic heterocycles. The zero-order chi connectivity index (χ0) is 17.9. The predicted octanol–water partition coefficient (Wildman–Crippen LogP) is 4.67. The monoisotopic (exact) mass is 442 g/mol. The summed E-state index contributed by atoms with van der Waals surface area (Å²) in [7, 11) is 0. The minimum Gasteiger partial charge on any atom is -1.00 e. The average molecular weight is 443 g/mol. The first-order valence-corrected chi connectivity index (χ1v) is 8.54. The van der Waals surface area contributed by atoms with Gasteiger partial charge in [0, 0.05) is 0 Å². The zero-order valence-electron chi connectivity index (χ0n) is 15.4. The van der Waals surface area contributed by atoms with E-state index in [2.05, 4.69) is 10.6 Å². The maximum Gasteiger partial charge on any atom is 3.00 e. The van der Waals surface area contributed by atoms with Crippen molar-refractivity contribution in [2.45, 2.75) is 0 Å². The van der Waals surface area contributed by atoms with Crippen LogP contribution in [-0.2, 0) is 0 Å². The second-order valence-electron chi connectivity index (χ2n) is 5.57. The van der Waals surface area contributed by atoms with Crippen LogP contribution in [0.4, 0.5) is 22.7 Å². The summed E-state index contributed by atoms with van der Waals surface area (Å²) < 4.78 is 0. The van der Waals surface area contributed by atoms with Gasteiger partial charge in [-0.1, -0.05) is 121 Å². The smallest absolute Gasteiger partial charge is 1.00 e. The van der Waals surface area contributed by atoms with Crippen molar-refractivity contribution in [2.24, 2.45) is 0 Å². The third-order valence-electron chi connectivity index (χ3n) is 3.54. The number of hydrogen-bond acceptors (Lipinski definition) is 0. The van der Waals surface area contributed by atoms with E-state index in [-0.39, 0.29) is 34.3 Å². The second kappa shape index (κ2) is 13.6. The van der Waals surface area contributed by atoms with Gasteiger partial charge < -0.3 is 27.6 Å². The molecule has 0 aliphatic rings. The molecule has 2 nitrogen and oxygen atoms in total. The molecule has 0 unspecified atom stereocenters. The van der Waals surface area contributed by atoms with Crippen LogP contribution in [0.5, 0.6) is 0 Å². The Kier molecular flexibility index (Phi) is 11.5. The van der Waals surface area contributed by atoms with E-state index < -0.39 is 0 Å². The molecule has 0 saturated carbocycles. The molecule has 0 N–H and O–H groups in total. The molecule has 136 valence electrons. The van der Waals surface area contributed by atoms with Gasteiger partial charge in [-0.25, -0.2) is 0 Å². The quantitative estimate of drug-likeness (QED) is 0.411. The van der Waals surface area contributed by atoms with Gasteiger partial charge in [0.2, 0.25) is 0 Å². The molecule has 0 saturated heterocycles. The number of halogens is 1.